The van der Waals surface area contributed by atoms with E-state index in [0.717, 1.165) is 12.1 Å². The summed E-state index contributed by atoms with van der Waals surface area (Å²) < 4.78 is 41.7. The molecule has 0 saturated heterocycles. The fourth-order valence-electron chi connectivity index (χ4n) is 3.77. The number of esters is 1. The molecule has 190 valence electrons. The Morgan fingerprint density at radius 1 is 1.03 bits per heavy atom. The van der Waals surface area contributed by atoms with Gasteiger partial charge >= 0.3 is 5.97 Å². The van der Waals surface area contributed by atoms with Crippen LogP contribution < -0.4 is 15.5 Å². The second-order valence-electron chi connectivity index (χ2n) is 8.00. The van der Waals surface area contributed by atoms with Crippen LogP contribution in [-0.2, 0) is 16.1 Å². The molecule has 0 aliphatic carbocycles. The van der Waals surface area contributed by atoms with Gasteiger partial charge in [0, 0.05) is 24.4 Å². The molecule has 7 nitrogen and oxygen atoms in total. The molecular weight excluding hydrogens is 597 g/mol. The molecular formula is C27H21F2IN2O5. The molecule has 1 heterocycles. The number of hydrogen-bond donors (Lipinski definition) is 1. The number of carbonyl (C=O) groups is 2. The molecule has 0 bridgehead atoms. The van der Waals surface area contributed by atoms with Gasteiger partial charge in [0.15, 0.2) is 0 Å². The first-order valence-electron chi connectivity index (χ1n) is 11.2. The Morgan fingerprint density at radius 2 is 1.70 bits per heavy atom. The molecule has 10 heteroatoms. The molecule has 1 aromatic heterocycles. The minimum atomic E-state index is -0.840. The second-order valence-corrected chi connectivity index (χ2v) is 9.08. The first-order chi connectivity index (χ1) is 17.7. The lowest BCUT2D eigenvalue weighted by Crippen LogP contribution is -2.22. The van der Waals surface area contributed by atoms with Crippen molar-refractivity contribution in [1.29, 1.82) is 0 Å². The van der Waals surface area contributed by atoms with Crippen molar-refractivity contribution in [3.05, 3.63) is 97.3 Å². The lowest BCUT2D eigenvalue weighted by Gasteiger charge is -2.17. The number of aromatic nitrogens is 1. The third kappa shape index (κ3) is 5.63. The van der Waals surface area contributed by atoms with Gasteiger partial charge in [0.1, 0.15) is 28.7 Å². The number of carbonyl (C=O) groups excluding carboxylic acids is 2. The zero-order valence-electron chi connectivity index (χ0n) is 19.8. The summed E-state index contributed by atoms with van der Waals surface area (Å²) in [4.78, 5) is 37.2. The van der Waals surface area contributed by atoms with Crippen LogP contribution in [0.2, 0.25) is 0 Å². The molecule has 0 aliphatic heterocycles. The summed E-state index contributed by atoms with van der Waals surface area (Å²) >= 11 is 1.94. The highest BCUT2D eigenvalue weighted by molar-refractivity contribution is 14.1. The van der Waals surface area contributed by atoms with Gasteiger partial charge in [-0.15, -0.1) is 0 Å². The molecule has 1 amide bonds. The predicted octanol–water partition coefficient (Wildman–Crippen LogP) is 5.86. The van der Waals surface area contributed by atoms with Gasteiger partial charge in [-0.2, -0.15) is 0 Å². The maximum atomic E-state index is 14.4. The van der Waals surface area contributed by atoms with E-state index in [1.54, 1.807) is 43.3 Å². The number of fused-ring (bicyclic) bond motifs is 1. The van der Waals surface area contributed by atoms with Gasteiger partial charge in [-0.05, 0) is 78.0 Å². The van der Waals surface area contributed by atoms with Crippen molar-refractivity contribution >= 4 is 51.1 Å². The normalized spacial score (nSPS) is 10.8. The van der Waals surface area contributed by atoms with Crippen molar-refractivity contribution in [3.63, 3.8) is 0 Å². The summed E-state index contributed by atoms with van der Waals surface area (Å²) in [5.41, 5.74) is -0.110. The summed E-state index contributed by atoms with van der Waals surface area (Å²) in [6.07, 6.45) is 1.26. The monoisotopic (exact) mass is 618 g/mol. The van der Waals surface area contributed by atoms with Crippen LogP contribution in [0.4, 0.5) is 14.5 Å². The van der Waals surface area contributed by atoms with Gasteiger partial charge in [0.2, 0.25) is 11.3 Å². The first-order valence-corrected chi connectivity index (χ1v) is 12.3. The van der Waals surface area contributed by atoms with E-state index in [2.05, 4.69) is 5.32 Å². The van der Waals surface area contributed by atoms with E-state index in [0.29, 0.717) is 26.3 Å². The highest BCUT2D eigenvalue weighted by atomic mass is 127. The number of halogens is 3. The smallest absolute Gasteiger partial charge is 0.343 e. The number of ether oxygens (including phenoxy) is 2. The molecule has 0 spiro atoms. The van der Waals surface area contributed by atoms with Crippen LogP contribution in [0.5, 0.6) is 11.5 Å². The Morgan fingerprint density at radius 3 is 2.32 bits per heavy atom. The summed E-state index contributed by atoms with van der Waals surface area (Å²) in [6.45, 7) is 2.80. The number of benzene rings is 3. The summed E-state index contributed by atoms with van der Waals surface area (Å²) in [5.74, 6) is -1.76. The number of rotatable bonds is 7. The second kappa shape index (κ2) is 11.1. The molecule has 0 fully saturated rings. The SMILES string of the molecule is CCOC(=O)c1cn(Cc2c(F)cccc2F)c2ccc(Oc3ccc(NC(C)=O)cc3)c(I)c2c1=O. The van der Waals surface area contributed by atoms with Crippen LogP contribution in [0.25, 0.3) is 10.9 Å². The zero-order chi connectivity index (χ0) is 26.7. The number of pyridine rings is 1. The van der Waals surface area contributed by atoms with E-state index in [1.165, 1.54) is 23.8 Å². The van der Waals surface area contributed by atoms with E-state index >= 15 is 0 Å². The molecule has 4 rings (SSSR count). The van der Waals surface area contributed by atoms with Gasteiger partial charge in [-0.1, -0.05) is 6.07 Å². The van der Waals surface area contributed by atoms with Gasteiger partial charge in [0.25, 0.3) is 0 Å². The summed E-state index contributed by atoms with van der Waals surface area (Å²) in [6, 6.07) is 13.4. The fourth-order valence-corrected chi connectivity index (χ4v) is 4.59. The van der Waals surface area contributed by atoms with Crippen molar-refractivity contribution < 1.29 is 27.8 Å². The predicted molar refractivity (Wildman–Crippen MR) is 143 cm³/mol. The van der Waals surface area contributed by atoms with Crippen molar-refractivity contribution in [2.75, 3.05) is 11.9 Å². The quantitative estimate of drug-likeness (QED) is 0.207. The van der Waals surface area contributed by atoms with E-state index in [1.807, 2.05) is 22.6 Å². The molecule has 0 atom stereocenters. The largest absolute Gasteiger partial charge is 0.462 e. The van der Waals surface area contributed by atoms with Gasteiger partial charge in [0.05, 0.1) is 27.6 Å². The molecule has 37 heavy (non-hydrogen) atoms. The summed E-state index contributed by atoms with van der Waals surface area (Å²) in [5, 5.41) is 2.81. The Bertz CT molecular complexity index is 1550. The summed E-state index contributed by atoms with van der Waals surface area (Å²) in [7, 11) is 0. The topological polar surface area (TPSA) is 86.6 Å². The Hall–Kier alpha value is -3.80. The minimum absolute atomic E-state index is 0.0486. The molecule has 0 aliphatic rings. The number of nitrogens with one attached hydrogen (secondary N) is 1. The molecule has 0 saturated carbocycles. The average molecular weight is 618 g/mol. The highest BCUT2D eigenvalue weighted by Crippen LogP contribution is 2.32. The maximum absolute atomic E-state index is 14.4. The van der Waals surface area contributed by atoms with Crippen LogP contribution in [0.15, 0.2) is 65.6 Å². The standard InChI is InChI=1S/C27H21F2IN2O5/c1-3-36-27(35)19-14-32(13-18-20(28)5-4-6-21(18)29)22-11-12-23(25(30)24(22)26(19)34)37-17-9-7-16(8-10-17)31-15(2)33/h4-12,14H,3,13H2,1-2H3,(H,31,33). The van der Waals surface area contributed by atoms with Crippen LogP contribution in [0.3, 0.4) is 0 Å². The van der Waals surface area contributed by atoms with E-state index in [-0.39, 0.29) is 35.6 Å². The first kappa shape index (κ1) is 26.3. The Balaban J connectivity index is 1.83. The maximum Gasteiger partial charge on any atom is 0.343 e. The minimum Gasteiger partial charge on any atom is -0.462 e. The van der Waals surface area contributed by atoms with E-state index < -0.39 is 23.0 Å². The number of amides is 1. The molecule has 0 radical (unpaired) electrons. The average Bonchev–Trinajstić information content (AvgIpc) is 2.85. The van der Waals surface area contributed by atoms with Crippen molar-refractivity contribution in [1.82, 2.24) is 4.57 Å². The molecule has 1 N–H and O–H groups in total. The third-order valence-corrected chi connectivity index (χ3v) is 6.51. The van der Waals surface area contributed by atoms with Gasteiger partial charge in [-0.3, -0.25) is 9.59 Å². The van der Waals surface area contributed by atoms with Crippen LogP contribution in [0, 0.1) is 15.2 Å². The van der Waals surface area contributed by atoms with Gasteiger partial charge in [-0.25, -0.2) is 13.6 Å². The van der Waals surface area contributed by atoms with E-state index in [4.69, 9.17) is 9.47 Å². The Kier molecular flexibility index (Phi) is 7.86. The fraction of sp³-hybridized carbons (Fsp3) is 0.148. The van der Waals surface area contributed by atoms with Crippen molar-refractivity contribution in [3.8, 4) is 11.5 Å². The lowest BCUT2D eigenvalue weighted by atomic mass is 10.1. The number of anilines is 1. The van der Waals surface area contributed by atoms with Crippen molar-refractivity contribution in [2.24, 2.45) is 0 Å². The molecule has 4 aromatic rings. The number of nitrogens with zero attached hydrogens (tertiary/aromatic N) is 1. The highest BCUT2D eigenvalue weighted by Gasteiger charge is 2.21. The van der Waals surface area contributed by atoms with E-state index in [9.17, 15) is 23.2 Å². The third-order valence-electron chi connectivity index (χ3n) is 5.44. The van der Waals surface area contributed by atoms with Crippen molar-refractivity contribution in [2.45, 2.75) is 20.4 Å². The van der Waals surface area contributed by atoms with Crippen LogP contribution in [-0.4, -0.2) is 23.1 Å². The zero-order valence-corrected chi connectivity index (χ0v) is 22.0. The van der Waals surface area contributed by atoms with Crippen LogP contribution >= 0.6 is 22.6 Å². The number of hydrogen-bond acceptors (Lipinski definition) is 5. The Labute approximate surface area is 224 Å². The van der Waals surface area contributed by atoms with Crippen LogP contribution in [0.1, 0.15) is 29.8 Å². The lowest BCUT2D eigenvalue weighted by molar-refractivity contribution is -0.114. The van der Waals surface area contributed by atoms with Gasteiger partial charge < -0.3 is 19.4 Å². The molecule has 0 unspecified atom stereocenters. The molecule has 3 aromatic carbocycles.